The van der Waals surface area contributed by atoms with Crippen molar-refractivity contribution in [3.8, 4) is 0 Å². The standard InChI is InChI=1S/C28H19ClF3N5O4/c29-16-11-13(28(30,31)32)12-35-25(16)34-9-10-37-26(40)18-19(27(37)41)22(36-21(18)17-7-3-4-8-33-17)20-23(38)14-5-1-2-6-15(14)24(20)39/h1-8,11-12,18-19,21,38H,9-10H2,(H,34,35)/t18-,19+,21-/m0/s1. The molecular weight excluding hydrogens is 563 g/mol. The van der Waals surface area contributed by atoms with Gasteiger partial charge in [-0.15, -0.1) is 0 Å². The number of aliphatic hydroxyl groups excluding tert-OH is 1. The van der Waals surface area contributed by atoms with E-state index in [-0.39, 0.29) is 46.5 Å². The number of anilines is 1. The van der Waals surface area contributed by atoms with E-state index >= 15 is 0 Å². The molecule has 3 aliphatic rings. The van der Waals surface area contributed by atoms with E-state index < -0.39 is 47.2 Å². The number of benzene rings is 1. The van der Waals surface area contributed by atoms with Gasteiger partial charge in [0.15, 0.2) is 5.78 Å². The van der Waals surface area contributed by atoms with Crippen molar-refractivity contribution in [1.29, 1.82) is 0 Å². The maximum Gasteiger partial charge on any atom is 0.417 e. The summed E-state index contributed by atoms with van der Waals surface area (Å²) < 4.78 is 38.8. The SMILES string of the molecule is O=C1C(C2=N[C@@H](c3ccccn3)[C@H]3C(=O)N(CCNc4ncc(C(F)(F)F)cc4Cl)C(=O)[C@@H]23)=C(O)c2ccccc21. The molecule has 0 bridgehead atoms. The Morgan fingerprint density at radius 3 is 2.39 bits per heavy atom. The molecule has 1 fully saturated rings. The predicted octanol–water partition coefficient (Wildman–Crippen LogP) is 4.52. The third-order valence-electron chi connectivity index (χ3n) is 7.29. The molecule has 1 aromatic carbocycles. The first kappa shape index (κ1) is 26.6. The highest BCUT2D eigenvalue weighted by atomic mass is 35.5. The Kier molecular flexibility index (Phi) is 6.37. The number of halogens is 4. The summed E-state index contributed by atoms with van der Waals surface area (Å²) in [5.41, 5.74) is -0.125. The van der Waals surface area contributed by atoms with Crippen LogP contribution in [0.5, 0.6) is 0 Å². The molecule has 2 aromatic heterocycles. The van der Waals surface area contributed by atoms with Crippen LogP contribution in [-0.4, -0.2) is 56.4 Å². The maximum absolute atomic E-state index is 13.7. The molecule has 208 valence electrons. The smallest absolute Gasteiger partial charge is 0.417 e. The van der Waals surface area contributed by atoms with E-state index in [1.807, 2.05) is 0 Å². The molecule has 0 saturated carbocycles. The Morgan fingerprint density at radius 1 is 1.00 bits per heavy atom. The number of imide groups is 1. The number of nitrogens with one attached hydrogen (secondary N) is 1. The minimum absolute atomic E-state index is 0.0191. The van der Waals surface area contributed by atoms with Gasteiger partial charge in [0.2, 0.25) is 11.8 Å². The van der Waals surface area contributed by atoms with Crippen LogP contribution in [0.25, 0.3) is 5.76 Å². The second-order valence-electron chi connectivity index (χ2n) is 9.62. The number of rotatable bonds is 6. The highest BCUT2D eigenvalue weighted by Crippen LogP contribution is 2.48. The van der Waals surface area contributed by atoms with Crippen molar-refractivity contribution >= 4 is 46.5 Å². The van der Waals surface area contributed by atoms with Crippen LogP contribution < -0.4 is 5.32 Å². The van der Waals surface area contributed by atoms with Crippen molar-refractivity contribution in [3.63, 3.8) is 0 Å². The summed E-state index contributed by atoms with van der Waals surface area (Å²) in [6, 6.07) is 11.4. The zero-order chi connectivity index (χ0) is 29.1. The van der Waals surface area contributed by atoms with Gasteiger partial charge in [0.05, 0.1) is 39.4 Å². The number of allylic oxidation sites excluding steroid dienone is 1. The molecule has 0 radical (unpaired) electrons. The molecule has 6 rings (SSSR count). The summed E-state index contributed by atoms with van der Waals surface area (Å²) in [5, 5.41) is 13.5. The third kappa shape index (κ3) is 4.34. The number of carbonyl (C=O) groups is 3. The van der Waals surface area contributed by atoms with Crippen molar-refractivity contribution in [2.75, 3.05) is 18.4 Å². The Morgan fingerprint density at radius 2 is 1.73 bits per heavy atom. The summed E-state index contributed by atoms with van der Waals surface area (Å²) in [5.74, 6) is -4.17. The van der Waals surface area contributed by atoms with E-state index in [0.717, 1.165) is 11.0 Å². The number of amides is 2. The molecular formula is C28H19ClF3N5O4. The van der Waals surface area contributed by atoms with Crippen LogP contribution in [0, 0.1) is 11.8 Å². The summed E-state index contributed by atoms with van der Waals surface area (Å²) in [6.45, 7) is -0.223. The van der Waals surface area contributed by atoms with Gasteiger partial charge in [-0.05, 0) is 18.2 Å². The van der Waals surface area contributed by atoms with Crippen LogP contribution >= 0.6 is 11.6 Å². The summed E-state index contributed by atoms with van der Waals surface area (Å²) in [6.07, 6.45) is -2.46. The lowest BCUT2D eigenvalue weighted by Gasteiger charge is -2.18. The predicted molar refractivity (Wildman–Crippen MR) is 141 cm³/mol. The molecule has 4 heterocycles. The van der Waals surface area contributed by atoms with E-state index in [9.17, 15) is 32.7 Å². The van der Waals surface area contributed by atoms with Gasteiger partial charge in [0, 0.05) is 36.6 Å². The Bertz CT molecular complexity index is 1670. The zero-order valence-corrected chi connectivity index (χ0v) is 21.6. The van der Waals surface area contributed by atoms with Crippen LogP contribution in [0.15, 0.2) is 71.5 Å². The monoisotopic (exact) mass is 581 g/mol. The molecule has 1 saturated heterocycles. The molecule has 2 amide bonds. The van der Waals surface area contributed by atoms with Gasteiger partial charge in [-0.1, -0.05) is 41.9 Å². The molecule has 2 aliphatic heterocycles. The number of ketones is 1. The normalized spacial score (nSPS) is 21.9. The number of aromatic nitrogens is 2. The molecule has 0 unspecified atom stereocenters. The van der Waals surface area contributed by atoms with Gasteiger partial charge in [-0.3, -0.25) is 29.3 Å². The number of aliphatic imine (C=N–C) groups is 1. The van der Waals surface area contributed by atoms with Crippen molar-refractivity contribution in [2.45, 2.75) is 12.2 Å². The quantitative estimate of drug-likeness (QED) is 0.410. The second-order valence-corrected chi connectivity index (χ2v) is 10.0. The molecule has 3 atom stereocenters. The van der Waals surface area contributed by atoms with Crippen LogP contribution in [0.4, 0.5) is 19.0 Å². The lowest BCUT2D eigenvalue weighted by atomic mass is 9.84. The molecule has 13 heteroatoms. The van der Waals surface area contributed by atoms with Crippen LogP contribution in [-0.2, 0) is 15.8 Å². The number of nitrogens with zero attached hydrogens (tertiary/aromatic N) is 4. The number of carbonyl (C=O) groups excluding carboxylic acids is 3. The fraction of sp³-hybridized carbons (Fsp3) is 0.214. The van der Waals surface area contributed by atoms with Crippen LogP contribution in [0.2, 0.25) is 5.02 Å². The first-order valence-corrected chi connectivity index (χ1v) is 12.8. The van der Waals surface area contributed by atoms with E-state index in [4.69, 9.17) is 11.6 Å². The van der Waals surface area contributed by atoms with Gasteiger partial charge >= 0.3 is 6.18 Å². The largest absolute Gasteiger partial charge is 0.506 e. The van der Waals surface area contributed by atoms with Crippen molar-refractivity contribution in [3.05, 3.63) is 93.9 Å². The molecule has 1 aliphatic carbocycles. The number of fused-ring (bicyclic) bond motifs is 2. The van der Waals surface area contributed by atoms with E-state index in [0.29, 0.717) is 17.5 Å². The van der Waals surface area contributed by atoms with Gasteiger partial charge in [0.1, 0.15) is 17.6 Å². The number of alkyl halides is 3. The topological polar surface area (TPSA) is 125 Å². The highest BCUT2D eigenvalue weighted by Gasteiger charge is 2.59. The average molecular weight is 582 g/mol. The average Bonchev–Trinajstić information content (AvgIpc) is 3.54. The number of hydrogen-bond acceptors (Lipinski definition) is 8. The van der Waals surface area contributed by atoms with Crippen LogP contribution in [0.1, 0.15) is 33.2 Å². The van der Waals surface area contributed by atoms with Gasteiger partial charge < -0.3 is 10.4 Å². The van der Waals surface area contributed by atoms with E-state index in [2.05, 4.69) is 20.3 Å². The van der Waals surface area contributed by atoms with E-state index in [1.165, 1.54) is 6.20 Å². The van der Waals surface area contributed by atoms with E-state index in [1.54, 1.807) is 42.5 Å². The number of pyridine rings is 2. The molecule has 9 nitrogen and oxygen atoms in total. The van der Waals surface area contributed by atoms with Gasteiger partial charge in [-0.25, -0.2) is 4.98 Å². The first-order chi connectivity index (χ1) is 19.6. The number of likely N-dealkylation sites (tertiary alicyclic amines) is 1. The second kappa shape index (κ2) is 9.81. The van der Waals surface area contributed by atoms with Crippen molar-refractivity contribution in [2.24, 2.45) is 16.8 Å². The first-order valence-electron chi connectivity index (χ1n) is 12.5. The Labute approximate surface area is 235 Å². The van der Waals surface area contributed by atoms with Gasteiger partial charge in [-0.2, -0.15) is 13.2 Å². The molecule has 2 N–H and O–H groups in total. The molecule has 3 aromatic rings. The van der Waals surface area contributed by atoms with Crippen molar-refractivity contribution in [1.82, 2.24) is 14.9 Å². The van der Waals surface area contributed by atoms with Crippen molar-refractivity contribution < 1.29 is 32.7 Å². The maximum atomic E-state index is 13.7. The fourth-order valence-corrected chi connectivity index (χ4v) is 5.65. The minimum Gasteiger partial charge on any atom is -0.506 e. The Hall–Kier alpha value is -4.58. The molecule has 0 spiro atoms. The fourth-order valence-electron chi connectivity index (χ4n) is 5.42. The number of hydrogen-bond donors (Lipinski definition) is 2. The lowest BCUT2D eigenvalue weighted by molar-refractivity contribution is -0.140. The molecule has 41 heavy (non-hydrogen) atoms. The lowest BCUT2D eigenvalue weighted by Crippen LogP contribution is -2.37. The number of Topliss-reactive ketones (excluding diaryl/α,β-unsaturated/α-hetero) is 1. The number of aliphatic hydroxyl groups is 1. The summed E-state index contributed by atoms with van der Waals surface area (Å²) >= 11 is 5.95. The van der Waals surface area contributed by atoms with Crippen LogP contribution in [0.3, 0.4) is 0 Å². The Balaban J connectivity index is 1.29. The van der Waals surface area contributed by atoms with Gasteiger partial charge in [0.25, 0.3) is 0 Å². The minimum atomic E-state index is -4.61. The summed E-state index contributed by atoms with van der Waals surface area (Å²) in [7, 11) is 0. The zero-order valence-electron chi connectivity index (χ0n) is 20.9. The summed E-state index contributed by atoms with van der Waals surface area (Å²) in [4.78, 5) is 54.3. The highest BCUT2D eigenvalue weighted by molar-refractivity contribution is 6.40. The third-order valence-corrected chi connectivity index (χ3v) is 7.58.